The van der Waals surface area contributed by atoms with Crippen molar-refractivity contribution in [3.63, 3.8) is 0 Å². The fourth-order valence-electron chi connectivity index (χ4n) is 6.92. The summed E-state index contributed by atoms with van der Waals surface area (Å²) >= 11 is 0. The topological polar surface area (TPSA) is 182 Å². The van der Waals surface area contributed by atoms with E-state index in [2.05, 4.69) is 10.9 Å². The average Bonchev–Trinajstić information content (AvgIpc) is 3.60. The quantitative estimate of drug-likeness (QED) is 0.0423. The Labute approximate surface area is 350 Å². The van der Waals surface area contributed by atoms with E-state index in [0.29, 0.717) is 23.0 Å². The van der Waals surface area contributed by atoms with Crippen LogP contribution in [0, 0.1) is 23.7 Å². The van der Waals surface area contributed by atoms with Gasteiger partial charge in [-0.15, -0.1) is 0 Å². The zero-order valence-electron chi connectivity index (χ0n) is 32.6. The van der Waals surface area contributed by atoms with Gasteiger partial charge in [0.1, 0.15) is 0 Å². The molecule has 0 saturated carbocycles. The minimum atomic E-state index is -4.75. The Bertz CT molecular complexity index is 2120. The van der Waals surface area contributed by atoms with Gasteiger partial charge in [0.25, 0.3) is 0 Å². The standard InChI is InChI=1S/C41H46N3O12PS2/c1-5-23-51-34-26-58-59-27-35(34)55-57(47,53-24-9-21-42)56-37-33(54-39(38(37)50-4)44-22-20-36(45)43-40(44)46)25-52-41(28-10-7-6-8-11-28,29-12-16-31(48-2)17-13-29)30-14-18-32(49-3)19-15-30/h1,6-8,10-20,22,33-35,37-39,47,57H,9,23-27H2,2-4H3,(H,43,45,46)/t33-,34-,35-,37-,38-,39-/m1/s1. The maximum absolute atomic E-state index is 13.2. The first kappa shape index (κ1) is 44.4. The van der Waals surface area contributed by atoms with E-state index in [0.717, 1.165) is 16.7 Å². The van der Waals surface area contributed by atoms with Gasteiger partial charge in [0, 0.05) is 0 Å². The Balaban J connectivity index is 1.44. The second-order valence-electron chi connectivity index (χ2n) is 13.2. The van der Waals surface area contributed by atoms with Crippen molar-refractivity contribution >= 4 is 29.8 Å². The summed E-state index contributed by atoms with van der Waals surface area (Å²) in [7, 11) is 2.91. The summed E-state index contributed by atoms with van der Waals surface area (Å²) in [5.41, 5.74) is -0.428. The van der Waals surface area contributed by atoms with Gasteiger partial charge in [-0.05, 0) is 0 Å². The molecule has 6 rings (SSSR count). The molecule has 15 nitrogen and oxygen atoms in total. The first-order valence-electron chi connectivity index (χ1n) is 18.5. The number of benzene rings is 3. The van der Waals surface area contributed by atoms with Gasteiger partial charge in [0.15, 0.2) is 0 Å². The number of H-pyrrole nitrogens is 1. The molecule has 0 unspecified atom stereocenters. The molecular weight excluding hydrogens is 822 g/mol. The summed E-state index contributed by atoms with van der Waals surface area (Å²) in [6.07, 6.45) is 0.872. The van der Waals surface area contributed by atoms with E-state index in [1.165, 1.54) is 34.7 Å². The molecule has 0 spiro atoms. The van der Waals surface area contributed by atoms with E-state index in [1.54, 1.807) is 25.0 Å². The van der Waals surface area contributed by atoms with Crippen molar-refractivity contribution in [2.24, 2.45) is 0 Å². The third-order valence-corrected chi connectivity index (χ3v) is 13.9. The predicted octanol–water partition coefficient (Wildman–Crippen LogP) is 4.99. The number of nitrogens with zero attached hydrogens (tertiary/aromatic N) is 2. The summed E-state index contributed by atoms with van der Waals surface area (Å²) in [4.78, 5) is 39.9. The molecule has 6 atom stereocenters. The van der Waals surface area contributed by atoms with E-state index in [9.17, 15) is 19.7 Å². The minimum absolute atomic E-state index is 0.0225. The molecule has 3 aromatic carbocycles. The Morgan fingerprint density at radius 1 is 0.898 bits per heavy atom. The normalized spacial score (nSPS) is 22.3. The third-order valence-electron chi connectivity index (χ3n) is 9.75. The average molecular weight is 868 g/mol. The number of nitrogens with one attached hydrogen (secondary N) is 1. The second kappa shape index (κ2) is 20.9. The molecule has 59 heavy (non-hydrogen) atoms. The summed E-state index contributed by atoms with van der Waals surface area (Å²) in [5, 5.41) is 9.37. The zero-order chi connectivity index (χ0) is 41.8. The Kier molecular flexibility index (Phi) is 15.7. The molecular formula is C41H46N3O12PS2. The summed E-state index contributed by atoms with van der Waals surface area (Å²) in [6.45, 7) is -0.418. The van der Waals surface area contributed by atoms with Crippen LogP contribution in [0.2, 0.25) is 0 Å². The molecule has 2 fully saturated rings. The van der Waals surface area contributed by atoms with Gasteiger partial charge < -0.3 is 0 Å². The monoisotopic (exact) mass is 867 g/mol. The van der Waals surface area contributed by atoms with Crippen molar-refractivity contribution in [2.75, 3.05) is 52.7 Å². The number of hydrogen-bond acceptors (Lipinski definition) is 15. The van der Waals surface area contributed by atoms with Crippen molar-refractivity contribution in [2.45, 2.75) is 48.8 Å². The van der Waals surface area contributed by atoms with Gasteiger partial charge in [-0.3, -0.25) is 0 Å². The number of terminal acetylenes is 1. The van der Waals surface area contributed by atoms with Crippen molar-refractivity contribution in [1.29, 1.82) is 5.26 Å². The molecule has 1 aromatic heterocycles. The van der Waals surface area contributed by atoms with Crippen LogP contribution in [0.1, 0.15) is 29.3 Å². The van der Waals surface area contributed by atoms with Crippen molar-refractivity contribution < 1.29 is 46.9 Å². The number of ether oxygens (including phenoxy) is 6. The number of aromatic amines is 1. The van der Waals surface area contributed by atoms with Crippen molar-refractivity contribution in [1.82, 2.24) is 9.55 Å². The molecule has 18 heteroatoms. The molecule has 314 valence electrons. The SMILES string of the molecule is C#CCO[C@@H]1CSSC[C@H]1O[PH](O)(OCCC#N)O[C@H]1[C@@H](OC)[C@H](n2ccc(=O)[nH]c2=O)O[C@@H]1COC(c1ccccc1)(c1ccc(OC)cc1)c1ccc(OC)cc1. The summed E-state index contributed by atoms with van der Waals surface area (Å²) < 4.78 is 56.6. The maximum atomic E-state index is 13.2. The number of methoxy groups -OCH3 is 3. The molecule has 0 radical (unpaired) electrons. The molecule has 2 saturated heterocycles. The molecule has 0 bridgehead atoms. The Morgan fingerprint density at radius 3 is 2.10 bits per heavy atom. The van der Waals surface area contributed by atoms with Crippen LogP contribution in [0.15, 0.2) is 101 Å². The van der Waals surface area contributed by atoms with Crippen LogP contribution in [0.25, 0.3) is 0 Å². The van der Waals surface area contributed by atoms with E-state index in [4.69, 9.17) is 48.4 Å². The van der Waals surface area contributed by atoms with Crippen LogP contribution in [0.4, 0.5) is 0 Å². The van der Waals surface area contributed by atoms with Crippen LogP contribution < -0.4 is 20.7 Å². The number of aromatic nitrogens is 2. The van der Waals surface area contributed by atoms with Crippen molar-refractivity contribution in [3.05, 3.63) is 129 Å². The molecule has 4 aromatic rings. The predicted molar refractivity (Wildman–Crippen MR) is 224 cm³/mol. The number of hydrogen-bond donors (Lipinski definition) is 2. The van der Waals surface area contributed by atoms with E-state index >= 15 is 0 Å². The zero-order valence-corrected chi connectivity index (χ0v) is 35.2. The van der Waals surface area contributed by atoms with Gasteiger partial charge in [0.2, 0.25) is 0 Å². The van der Waals surface area contributed by atoms with Crippen LogP contribution >= 0.6 is 29.8 Å². The van der Waals surface area contributed by atoms with E-state index < -0.39 is 61.8 Å². The first-order chi connectivity index (χ1) is 28.7. The van der Waals surface area contributed by atoms with Crippen molar-refractivity contribution in [3.8, 4) is 29.9 Å². The summed E-state index contributed by atoms with van der Waals surface area (Å²) in [5.74, 6) is 4.66. The van der Waals surface area contributed by atoms with Gasteiger partial charge in [-0.25, -0.2) is 0 Å². The second-order valence-corrected chi connectivity index (χ2v) is 17.6. The van der Waals surface area contributed by atoms with Crippen LogP contribution in [-0.4, -0.2) is 97.6 Å². The fourth-order valence-corrected chi connectivity index (χ4v) is 11.3. The summed E-state index contributed by atoms with van der Waals surface area (Å²) in [6, 6.07) is 27.7. The molecule has 0 aliphatic carbocycles. The number of rotatable bonds is 19. The van der Waals surface area contributed by atoms with E-state index in [-0.39, 0.29) is 26.2 Å². The van der Waals surface area contributed by atoms with Gasteiger partial charge in [0.05, 0.1) is 0 Å². The fraction of sp³-hybridized carbons (Fsp3) is 0.390. The third kappa shape index (κ3) is 10.4. The molecule has 2 N–H and O–H groups in total. The molecule has 2 aliphatic heterocycles. The van der Waals surface area contributed by atoms with Crippen LogP contribution in [-0.2, 0) is 38.1 Å². The molecule has 0 amide bonds. The van der Waals surface area contributed by atoms with Crippen LogP contribution in [0.3, 0.4) is 0 Å². The first-order valence-corrected chi connectivity index (χ1v) is 22.7. The molecule has 3 heterocycles. The number of nitriles is 1. The Hall–Kier alpha value is -4.20. The molecule has 2 aliphatic rings. The van der Waals surface area contributed by atoms with E-state index in [1.807, 2.05) is 84.9 Å². The van der Waals surface area contributed by atoms with Crippen LogP contribution in [0.5, 0.6) is 11.5 Å². The van der Waals surface area contributed by atoms with Gasteiger partial charge >= 0.3 is 351 Å². The van der Waals surface area contributed by atoms with Gasteiger partial charge in [-0.2, -0.15) is 0 Å². The van der Waals surface area contributed by atoms with Gasteiger partial charge in [-0.1, -0.05) is 0 Å². The Morgan fingerprint density at radius 2 is 1.53 bits per heavy atom.